The summed E-state index contributed by atoms with van der Waals surface area (Å²) in [6.45, 7) is -0.0966. The predicted octanol–water partition coefficient (Wildman–Crippen LogP) is 2.00. The quantitative estimate of drug-likeness (QED) is 0.912. The lowest BCUT2D eigenvalue weighted by atomic mass is 10.2. The highest BCUT2D eigenvalue weighted by Crippen LogP contribution is 2.21. The van der Waals surface area contributed by atoms with Gasteiger partial charge in [0.2, 0.25) is 0 Å². The summed E-state index contributed by atoms with van der Waals surface area (Å²) < 4.78 is 36.7. The zero-order valence-electron chi connectivity index (χ0n) is 10.1. The lowest BCUT2D eigenvalue weighted by molar-refractivity contribution is -0.143. The molecule has 1 aliphatic heterocycles. The number of nitrogens with one attached hydrogen (secondary N) is 1. The molecular formula is C12H13F3N4. The third kappa shape index (κ3) is 4.10. The van der Waals surface area contributed by atoms with Gasteiger partial charge in [0.05, 0.1) is 12.1 Å². The molecule has 4 nitrogen and oxygen atoms in total. The van der Waals surface area contributed by atoms with Gasteiger partial charge in [0.15, 0.2) is 0 Å². The van der Waals surface area contributed by atoms with Crippen LogP contribution in [0.1, 0.15) is 12.0 Å². The SMILES string of the molecule is N#Cc1ccc(NC2CCN(CC(F)(F)F)C2)nc1. The fourth-order valence-electron chi connectivity index (χ4n) is 2.10. The third-order valence-corrected chi connectivity index (χ3v) is 2.92. The standard InChI is InChI=1S/C12H13F3N4/c13-12(14,15)8-19-4-3-10(7-19)18-11-2-1-9(5-16)6-17-11/h1-2,6,10H,3-4,7-8H2,(H,17,18). The summed E-state index contributed by atoms with van der Waals surface area (Å²) in [5.41, 5.74) is 0.454. The van der Waals surface area contributed by atoms with E-state index >= 15 is 0 Å². The van der Waals surface area contributed by atoms with Crippen molar-refractivity contribution in [2.45, 2.75) is 18.6 Å². The first kappa shape index (κ1) is 13.6. The Hall–Kier alpha value is -1.81. The molecule has 0 bridgehead atoms. The molecule has 0 amide bonds. The molecule has 2 heterocycles. The van der Waals surface area contributed by atoms with E-state index in [9.17, 15) is 13.2 Å². The van der Waals surface area contributed by atoms with Crippen molar-refractivity contribution in [1.82, 2.24) is 9.88 Å². The van der Waals surface area contributed by atoms with E-state index in [1.807, 2.05) is 6.07 Å². The lowest BCUT2D eigenvalue weighted by Crippen LogP contribution is -2.34. The van der Waals surface area contributed by atoms with Crippen LogP contribution in [-0.4, -0.2) is 41.7 Å². The number of anilines is 1. The highest BCUT2D eigenvalue weighted by atomic mass is 19.4. The smallest absolute Gasteiger partial charge is 0.366 e. The molecule has 1 unspecified atom stereocenters. The van der Waals surface area contributed by atoms with Crippen molar-refractivity contribution in [2.24, 2.45) is 0 Å². The highest BCUT2D eigenvalue weighted by molar-refractivity contribution is 5.40. The Kier molecular flexibility index (Phi) is 3.90. The minimum atomic E-state index is -4.15. The molecular weight excluding hydrogens is 257 g/mol. The molecule has 1 atom stereocenters. The van der Waals surface area contributed by atoms with Crippen molar-refractivity contribution in [2.75, 3.05) is 25.0 Å². The summed E-state index contributed by atoms with van der Waals surface area (Å²) in [5.74, 6) is 0.581. The second-order valence-corrected chi connectivity index (χ2v) is 4.52. The maximum atomic E-state index is 12.2. The first-order valence-electron chi connectivity index (χ1n) is 5.88. The lowest BCUT2D eigenvalue weighted by Gasteiger charge is -2.18. The number of rotatable bonds is 3. The highest BCUT2D eigenvalue weighted by Gasteiger charge is 2.34. The molecule has 1 aromatic rings. The Bertz CT molecular complexity index is 463. The van der Waals surface area contributed by atoms with Crippen LogP contribution in [-0.2, 0) is 0 Å². The Morgan fingerprint density at radius 3 is 2.84 bits per heavy atom. The number of hydrogen-bond acceptors (Lipinski definition) is 4. The first-order chi connectivity index (χ1) is 8.96. The van der Waals surface area contributed by atoms with E-state index in [4.69, 9.17) is 5.26 Å². The monoisotopic (exact) mass is 270 g/mol. The molecule has 0 saturated carbocycles. The van der Waals surface area contributed by atoms with Crippen LogP contribution < -0.4 is 5.32 Å². The number of nitriles is 1. The van der Waals surface area contributed by atoms with Crippen LogP contribution in [0.4, 0.5) is 19.0 Å². The summed E-state index contributed by atoms with van der Waals surface area (Å²) in [7, 11) is 0. The van der Waals surface area contributed by atoms with Crippen LogP contribution in [0, 0.1) is 11.3 Å². The van der Waals surface area contributed by atoms with E-state index in [-0.39, 0.29) is 6.04 Å². The number of likely N-dealkylation sites (tertiary alicyclic amines) is 1. The summed E-state index contributed by atoms with van der Waals surface area (Å²) >= 11 is 0. The molecule has 7 heteroatoms. The number of pyridine rings is 1. The van der Waals surface area contributed by atoms with Crippen LogP contribution in [0.15, 0.2) is 18.3 Å². The van der Waals surface area contributed by atoms with Gasteiger partial charge in [-0.05, 0) is 18.6 Å². The van der Waals surface area contributed by atoms with E-state index in [2.05, 4.69) is 10.3 Å². The summed E-state index contributed by atoms with van der Waals surface area (Å²) in [6, 6.07) is 5.20. The van der Waals surface area contributed by atoms with Crippen molar-refractivity contribution < 1.29 is 13.2 Å². The van der Waals surface area contributed by atoms with E-state index in [1.165, 1.54) is 11.1 Å². The predicted molar refractivity (Wildman–Crippen MR) is 63.5 cm³/mol. The van der Waals surface area contributed by atoms with Crippen molar-refractivity contribution in [3.8, 4) is 6.07 Å². The normalized spacial score (nSPS) is 20.2. The largest absolute Gasteiger partial charge is 0.401 e. The molecule has 2 rings (SSSR count). The Morgan fingerprint density at radius 1 is 1.47 bits per heavy atom. The molecule has 102 valence electrons. The van der Waals surface area contributed by atoms with Gasteiger partial charge in [0.1, 0.15) is 11.9 Å². The number of hydrogen-bond donors (Lipinski definition) is 1. The Labute approximate surface area is 108 Å². The van der Waals surface area contributed by atoms with Gasteiger partial charge in [-0.15, -0.1) is 0 Å². The van der Waals surface area contributed by atoms with Crippen molar-refractivity contribution >= 4 is 5.82 Å². The molecule has 19 heavy (non-hydrogen) atoms. The molecule has 1 N–H and O–H groups in total. The van der Waals surface area contributed by atoms with Crippen molar-refractivity contribution in [3.63, 3.8) is 0 Å². The summed E-state index contributed by atoms with van der Waals surface area (Å²) in [5, 5.41) is 11.7. The topological polar surface area (TPSA) is 52.0 Å². The molecule has 1 fully saturated rings. The number of alkyl halides is 3. The zero-order valence-corrected chi connectivity index (χ0v) is 10.1. The van der Waals surface area contributed by atoms with E-state index < -0.39 is 12.7 Å². The zero-order chi connectivity index (χ0) is 13.9. The molecule has 1 saturated heterocycles. The minimum absolute atomic E-state index is 0.0391. The van der Waals surface area contributed by atoms with Gasteiger partial charge in [-0.3, -0.25) is 4.90 Å². The molecule has 0 aromatic carbocycles. The van der Waals surface area contributed by atoms with Crippen LogP contribution in [0.2, 0.25) is 0 Å². The van der Waals surface area contributed by atoms with Crippen LogP contribution >= 0.6 is 0 Å². The Balaban J connectivity index is 1.86. The maximum absolute atomic E-state index is 12.2. The van der Waals surface area contributed by atoms with Crippen LogP contribution in [0.25, 0.3) is 0 Å². The van der Waals surface area contributed by atoms with Gasteiger partial charge in [-0.2, -0.15) is 18.4 Å². The number of nitrogens with zero attached hydrogens (tertiary/aromatic N) is 3. The Morgan fingerprint density at radius 2 is 2.26 bits per heavy atom. The van der Waals surface area contributed by atoms with Crippen LogP contribution in [0.5, 0.6) is 0 Å². The van der Waals surface area contributed by atoms with Gasteiger partial charge in [-0.25, -0.2) is 4.98 Å². The second-order valence-electron chi connectivity index (χ2n) is 4.52. The number of aromatic nitrogens is 1. The molecule has 0 radical (unpaired) electrons. The summed E-state index contributed by atoms with van der Waals surface area (Å²) in [4.78, 5) is 5.41. The first-order valence-corrected chi connectivity index (χ1v) is 5.88. The molecule has 0 spiro atoms. The average molecular weight is 270 g/mol. The van der Waals surface area contributed by atoms with E-state index in [0.717, 1.165) is 0 Å². The fraction of sp³-hybridized carbons (Fsp3) is 0.500. The molecule has 1 aromatic heterocycles. The third-order valence-electron chi connectivity index (χ3n) is 2.92. The van der Waals surface area contributed by atoms with Crippen LogP contribution in [0.3, 0.4) is 0 Å². The van der Waals surface area contributed by atoms with Gasteiger partial charge >= 0.3 is 6.18 Å². The van der Waals surface area contributed by atoms with Crippen molar-refractivity contribution in [3.05, 3.63) is 23.9 Å². The molecule has 1 aliphatic rings. The summed E-state index contributed by atoms with van der Waals surface area (Å²) in [6.07, 6.45) is -2.07. The molecule has 0 aliphatic carbocycles. The average Bonchev–Trinajstić information content (AvgIpc) is 2.75. The van der Waals surface area contributed by atoms with Crippen molar-refractivity contribution in [1.29, 1.82) is 5.26 Å². The van der Waals surface area contributed by atoms with E-state index in [1.54, 1.807) is 12.1 Å². The second kappa shape index (κ2) is 5.45. The van der Waals surface area contributed by atoms with Gasteiger partial charge in [0.25, 0.3) is 0 Å². The maximum Gasteiger partial charge on any atom is 0.401 e. The van der Waals surface area contributed by atoms with Gasteiger partial charge < -0.3 is 5.32 Å². The van der Waals surface area contributed by atoms with Gasteiger partial charge in [0, 0.05) is 25.3 Å². The fourth-order valence-corrected chi connectivity index (χ4v) is 2.10. The minimum Gasteiger partial charge on any atom is -0.366 e. The number of halogens is 3. The van der Waals surface area contributed by atoms with Gasteiger partial charge in [-0.1, -0.05) is 0 Å². The van der Waals surface area contributed by atoms with E-state index in [0.29, 0.717) is 30.9 Å².